The topological polar surface area (TPSA) is 66.5 Å². The monoisotopic (exact) mass is 416 g/mol. The first-order valence-corrected chi connectivity index (χ1v) is 10.0. The standard InChI is InChI=1S/C18H19ClF2N2O3S/c1-2-9-23(12-17(20)21)18(24)13-5-3-8-16(10-13)27(25,26)22-15-7-4-6-14(19)11-15/h3-8,10-11,17,22H,2,9,12H2,1H3. The zero-order valence-corrected chi connectivity index (χ0v) is 16.1. The number of sulfonamides is 1. The van der Waals surface area contributed by atoms with E-state index in [4.69, 9.17) is 11.6 Å². The number of alkyl halides is 2. The van der Waals surface area contributed by atoms with Crippen LogP contribution in [0.15, 0.2) is 53.4 Å². The number of nitrogens with zero attached hydrogens (tertiary/aromatic N) is 1. The van der Waals surface area contributed by atoms with Crippen LogP contribution in [0.5, 0.6) is 0 Å². The number of halogens is 3. The van der Waals surface area contributed by atoms with Crippen molar-refractivity contribution in [2.45, 2.75) is 24.7 Å². The van der Waals surface area contributed by atoms with Crippen molar-refractivity contribution in [1.29, 1.82) is 0 Å². The lowest BCUT2D eigenvalue weighted by atomic mass is 10.2. The van der Waals surface area contributed by atoms with Gasteiger partial charge in [-0.2, -0.15) is 0 Å². The van der Waals surface area contributed by atoms with Gasteiger partial charge in [-0.05, 0) is 42.8 Å². The summed E-state index contributed by atoms with van der Waals surface area (Å²) in [4.78, 5) is 13.4. The molecule has 0 heterocycles. The molecule has 0 aliphatic rings. The molecule has 0 saturated carbocycles. The molecular weight excluding hydrogens is 398 g/mol. The van der Waals surface area contributed by atoms with Gasteiger partial charge in [-0.25, -0.2) is 17.2 Å². The third-order valence-electron chi connectivity index (χ3n) is 3.61. The van der Waals surface area contributed by atoms with Crippen LogP contribution in [0, 0.1) is 0 Å². The Morgan fingerprint density at radius 1 is 1.19 bits per heavy atom. The summed E-state index contributed by atoms with van der Waals surface area (Å²) in [6.45, 7) is 1.22. The van der Waals surface area contributed by atoms with Crippen molar-refractivity contribution >= 4 is 33.2 Å². The molecule has 1 N–H and O–H groups in total. The van der Waals surface area contributed by atoms with Crippen molar-refractivity contribution in [1.82, 2.24) is 4.90 Å². The highest BCUT2D eigenvalue weighted by atomic mass is 35.5. The molecule has 27 heavy (non-hydrogen) atoms. The van der Waals surface area contributed by atoms with E-state index in [-0.39, 0.29) is 22.7 Å². The summed E-state index contributed by atoms with van der Waals surface area (Å²) in [6.07, 6.45) is -2.16. The number of hydrogen-bond acceptors (Lipinski definition) is 3. The van der Waals surface area contributed by atoms with E-state index < -0.39 is 28.9 Å². The van der Waals surface area contributed by atoms with Gasteiger partial charge in [0.1, 0.15) is 0 Å². The highest BCUT2D eigenvalue weighted by molar-refractivity contribution is 7.92. The van der Waals surface area contributed by atoms with Crippen molar-refractivity contribution in [3.05, 3.63) is 59.1 Å². The summed E-state index contributed by atoms with van der Waals surface area (Å²) < 4.78 is 52.9. The molecule has 2 aromatic carbocycles. The van der Waals surface area contributed by atoms with Gasteiger partial charge in [0.2, 0.25) is 0 Å². The number of hydrogen-bond donors (Lipinski definition) is 1. The zero-order chi connectivity index (χ0) is 20.0. The fourth-order valence-corrected chi connectivity index (χ4v) is 3.74. The van der Waals surface area contributed by atoms with Gasteiger partial charge < -0.3 is 4.90 Å². The maximum absolute atomic E-state index is 12.7. The molecule has 0 spiro atoms. The second-order valence-electron chi connectivity index (χ2n) is 5.79. The van der Waals surface area contributed by atoms with Gasteiger partial charge in [-0.1, -0.05) is 30.7 Å². The minimum atomic E-state index is -3.97. The predicted molar refractivity (Wildman–Crippen MR) is 101 cm³/mol. The van der Waals surface area contributed by atoms with Gasteiger partial charge in [-0.15, -0.1) is 0 Å². The number of carbonyl (C=O) groups excluding carboxylic acids is 1. The van der Waals surface area contributed by atoms with Gasteiger partial charge in [0.25, 0.3) is 22.4 Å². The maximum atomic E-state index is 12.7. The molecule has 0 aromatic heterocycles. The van der Waals surface area contributed by atoms with Crippen LogP contribution in [0.3, 0.4) is 0 Å². The van der Waals surface area contributed by atoms with Crippen molar-refractivity contribution in [2.75, 3.05) is 17.8 Å². The van der Waals surface area contributed by atoms with Crippen LogP contribution in [0.1, 0.15) is 23.7 Å². The number of anilines is 1. The molecule has 0 unspecified atom stereocenters. The summed E-state index contributed by atoms with van der Waals surface area (Å²) in [5, 5.41) is 0.362. The number of nitrogens with one attached hydrogen (secondary N) is 1. The Bertz CT molecular complexity index is 907. The van der Waals surface area contributed by atoms with E-state index in [1.807, 2.05) is 0 Å². The van der Waals surface area contributed by atoms with E-state index in [2.05, 4.69) is 4.72 Å². The van der Waals surface area contributed by atoms with E-state index in [1.54, 1.807) is 19.1 Å². The Labute approximate surface area is 162 Å². The minimum absolute atomic E-state index is 0.0260. The summed E-state index contributed by atoms with van der Waals surface area (Å²) in [5.74, 6) is -0.642. The van der Waals surface area contributed by atoms with Crippen LogP contribution >= 0.6 is 11.6 Å². The molecule has 0 aliphatic carbocycles. The third-order valence-corrected chi connectivity index (χ3v) is 5.22. The highest BCUT2D eigenvalue weighted by Gasteiger charge is 2.21. The van der Waals surface area contributed by atoms with Crippen molar-refractivity contribution < 1.29 is 22.0 Å². The second kappa shape index (κ2) is 9.14. The lowest BCUT2D eigenvalue weighted by Crippen LogP contribution is -2.35. The van der Waals surface area contributed by atoms with Crippen LogP contribution < -0.4 is 4.72 Å². The molecule has 0 fully saturated rings. The molecule has 9 heteroatoms. The van der Waals surface area contributed by atoms with Gasteiger partial charge in [-0.3, -0.25) is 9.52 Å². The molecule has 0 aliphatic heterocycles. The Morgan fingerprint density at radius 2 is 1.89 bits per heavy atom. The van der Waals surface area contributed by atoms with Gasteiger partial charge in [0.05, 0.1) is 17.1 Å². The van der Waals surface area contributed by atoms with Crippen LogP contribution in [0.2, 0.25) is 5.02 Å². The first-order chi connectivity index (χ1) is 12.7. The maximum Gasteiger partial charge on any atom is 0.261 e. The summed E-state index contributed by atoms with van der Waals surface area (Å²) >= 11 is 5.85. The van der Waals surface area contributed by atoms with Gasteiger partial charge >= 0.3 is 0 Å². The molecule has 0 atom stereocenters. The molecule has 0 bridgehead atoms. The summed E-state index contributed by atoms with van der Waals surface area (Å²) in [6, 6.07) is 11.5. The largest absolute Gasteiger partial charge is 0.333 e. The molecule has 2 rings (SSSR count). The van der Waals surface area contributed by atoms with Crippen LogP contribution in [-0.4, -0.2) is 38.7 Å². The second-order valence-corrected chi connectivity index (χ2v) is 7.90. The molecule has 146 valence electrons. The smallest absolute Gasteiger partial charge is 0.261 e. The number of amides is 1. The lowest BCUT2D eigenvalue weighted by Gasteiger charge is -2.22. The predicted octanol–water partition coefficient (Wildman–Crippen LogP) is 4.26. The zero-order valence-electron chi connectivity index (χ0n) is 14.5. The van der Waals surface area contributed by atoms with Crippen LogP contribution in [0.25, 0.3) is 0 Å². The van der Waals surface area contributed by atoms with E-state index in [0.717, 1.165) is 4.90 Å². The van der Waals surface area contributed by atoms with E-state index in [0.29, 0.717) is 11.4 Å². The SMILES string of the molecule is CCCN(CC(F)F)C(=O)c1cccc(S(=O)(=O)Nc2cccc(Cl)c2)c1. The van der Waals surface area contributed by atoms with Crippen molar-refractivity contribution in [2.24, 2.45) is 0 Å². The Balaban J connectivity index is 2.28. The molecule has 0 saturated heterocycles. The Hall–Kier alpha value is -2.19. The highest BCUT2D eigenvalue weighted by Crippen LogP contribution is 2.21. The number of carbonyl (C=O) groups is 1. The summed E-state index contributed by atoms with van der Waals surface area (Å²) in [5.41, 5.74) is 0.294. The molecule has 1 amide bonds. The van der Waals surface area contributed by atoms with Crippen molar-refractivity contribution in [3.8, 4) is 0 Å². The fraction of sp³-hybridized carbons (Fsp3) is 0.278. The van der Waals surface area contributed by atoms with E-state index in [1.165, 1.54) is 36.4 Å². The molecule has 0 radical (unpaired) electrons. The number of rotatable bonds is 8. The van der Waals surface area contributed by atoms with Gasteiger partial charge in [0, 0.05) is 17.1 Å². The molecular formula is C18H19ClF2N2O3S. The summed E-state index contributed by atoms with van der Waals surface area (Å²) in [7, 11) is -3.97. The van der Waals surface area contributed by atoms with Crippen LogP contribution in [0.4, 0.5) is 14.5 Å². The fourth-order valence-electron chi connectivity index (χ4n) is 2.46. The van der Waals surface area contributed by atoms with Crippen LogP contribution in [-0.2, 0) is 10.0 Å². The third kappa shape index (κ3) is 5.90. The normalized spacial score (nSPS) is 11.4. The molecule has 2 aromatic rings. The Morgan fingerprint density at radius 3 is 2.52 bits per heavy atom. The van der Waals surface area contributed by atoms with E-state index >= 15 is 0 Å². The first kappa shape index (κ1) is 21.1. The number of benzene rings is 2. The van der Waals surface area contributed by atoms with E-state index in [9.17, 15) is 22.0 Å². The van der Waals surface area contributed by atoms with Crippen molar-refractivity contribution in [3.63, 3.8) is 0 Å². The molecule has 5 nitrogen and oxygen atoms in total. The average Bonchev–Trinajstić information content (AvgIpc) is 2.60. The lowest BCUT2D eigenvalue weighted by molar-refractivity contribution is 0.0555. The minimum Gasteiger partial charge on any atom is -0.333 e. The van der Waals surface area contributed by atoms with Gasteiger partial charge in [0.15, 0.2) is 0 Å². The first-order valence-electron chi connectivity index (χ1n) is 8.19. The Kier molecular flexibility index (Phi) is 7.15. The average molecular weight is 417 g/mol. The quantitative estimate of drug-likeness (QED) is 0.699.